The number of ether oxygens (including phenoxy) is 1. The van der Waals surface area contributed by atoms with Gasteiger partial charge in [0.15, 0.2) is 0 Å². The highest BCUT2D eigenvalue weighted by Gasteiger charge is 2.14. The molecule has 1 amide bonds. The van der Waals surface area contributed by atoms with E-state index in [2.05, 4.69) is 4.98 Å². The summed E-state index contributed by atoms with van der Waals surface area (Å²) in [4.78, 5) is 28.2. The van der Waals surface area contributed by atoms with Gasteiger partial charge in [-0.1, -0.05) is 6.07 Å². The molecule has 0 atom stereocenters. The summed E-state index contributed by atoms with van der Waals surface area (Å²) < 4.78 is 4.81. The van der Waals surface area contributed by atoms with Gasteiger partial charge in [0, 0.05) is 13.1 Å². The van der Waals surface area contributed by atoms with E-state index in [0.717, 1.165) is 5.69 Å². The van der Waals surface area contributed by atoms with E-state index in [4.69, 9.17) is 4.74 Å². The predicted octanol–water partition coefficient (Wildman–Crippen LogP) is 0.993. The first-order chi connectivity index (χ1) is 8.13. The third-order valence-electron chi connectivity index (χ3n) is 2.15. The van der Waals surface area contributed by atoms with Crippen LogP contribution >= 0.6 is 0 Å². The predicted molar refractivity (Wildman–Crippen MR) is 62.0 cm³/mol. The van der Waals surface area contributed by atoms with E-state index in [9.17, 15) is 9.59 Å². The van der Waals surface area contributed by atoms with Crippen LogP contribution in [0.15, 0.2) is 24.4 Å². The number of carbonyl (C=O) groups is 2. The second-order valence-corrected chi connectivity index (χ2v) is 3.50. The van der Waals surface area contributed by atoms with E-state index in [1.807, 2.05) is 6.07 Å². The van der Waals surface area contributed by atoms with Crippen molar-refractivity contribution in [1.29, 1.82) is 0 Å². The Morgan fingerprint density at radius 1 is 1.41 bits per heavy atom. The molecular weight excluding hydrogens is 220 g/mol. The van der Waals surface area contributed by atoms with Crippen molar-refractivity contribution in [3.05, 3.63) is 30.1 Å². The van der Waals surface area contributed by atoms with E-state index < -0.39 is 5.97 Å². The minimum Gasteiger partial charge on any atom is -0.465 e. The minimum absolute atomic E-state index is 0.0419. The molecule has 0 saturated heterocycles. The quantitative estimate of drug-likeness (QED) is 0.715. The fourth-order valence-corrected chi connectivity index (χ4v) is 1.33. The lowest BCUT2D eigenvalue weighted by atomic mass is 10.3. The van der Waals surface area contributed by atoms with Gasteiger partial charge in [0.2, 0.25) is 5.91 Å². The largest absolute Gasteiger partial charge is 0.465 e. The zero-order valence-corrected chi connectivity index (χ0v) is 10.0. The minimum atomic E-state index is -0.404. The Morgan fingerprint density at radius 2 is 2.18 bits per heavy atom. The molecule has 1 aromatic rings. The van der Waals surface area contributed by atoms with Gasteiger partial charge >= 0.3 is 5.97 Å². The van der Waals surface area contributed by atoms with Gasteiger partial charge in [-0.25, -0.2) is 0 Å². The molecule has 0 bridgehead atoms. The number of aromatic nitrogens is 1. The van der Waals surface area contributed by atoms with Crippen molar-refractivity contribution in [3.8, 4) is 0 Å². The maximum Gasteiger partial charge on any atom is 0.325 e. The lowest BCUT2D eigenvalue weighted by Crippen LogP contribution is -2.34. The second kappa shape index (κ2) is 6.62. The van der Waals surface area contributed by atoms with Crippen LogP contribution in [0.25, 0.3) is 0 Å². The molecule has 0 aromatic carbocycles. The highest BCUT2D eigenvalue weighted by Crippen LogP contribution is 2.01. The van der Waals surface area contributed by atoms with E-state index in [0.29, 0.717) is 13.2 Å². The highest BCUT2D eigenvalue weighted by molar-refractivity contribution is 5.80. The Bertz CT molecular complexity index is 379. The van der Waals surface area contributed by atoms with Gasteiger partial charge in [-0.3, -0.25) is 14.6 Å². The van der Waals surface area contributed by atoms with Crippen LogP contribution in [0, 0.1) is 0 Å². The van der Waals surface area contributed by atoms with Gasteiger partial charge in [-0.05, 0) is 19.1 Å². The SMILES string of the molecule is CCOC(=O)CN(Cc1ccccn1)C(C)=O. The third-order valence-corrected chi connectivity index (χ3v) is 2.15. The average Bonchev–Trinajstić information content (AvgIpc) is 2.29. The fraction of sp³-hybridized carbons (Fsp3) is 0.417. The number of amides is 1. The van der Waals surface area contributed by atoms with Crippen molar-refractivity contribution in [2.24, 2.45) is 0 Å². The van der Waals surface area contributed by atoms with Crippen LogP contribution < -0.4 is 0 Å². The van der Waals surface area contributed by atoms with Crippen LogP contribution in [0.1, 0.15) is 19.5 Å². The van der Waals surface area contributed by atoms with E-state index >= 15 is 0 Å². The maximum absolute atomic E-state index is 11.4. The molecule has 5 heteroatoms. The molecule has 1 heterocycles. The van der Waals surface area contributed by atoms with Gasteiger partial charge in [-0.15, -0.1) is 0 Å². The van der Waals surface area contributed by atoms with Gasteiger partial charge in [0.1, 0.15) is 6.54 Å². The first-order valence-electron chi connectivity index (χ1n) is 5.44. The fourth-order valence-electron chi connectivity index (χ4n) is 1.33. The molecule has 0 N–H and O–H groups in total. The molecule has 5 nitrogen and oxygen atoms in total. The van der Waals surface area contributed by atoms with E-state index in [-0.39, 0.29) is 12.5 Å². The normalized spacial score (nSPS) is 9.76. The summed E-state index contributed by atoms with van der Waals surface area (Å²) in [5.74, 6) is -0.581. The van der Waals surface area contributed by atoms with Crippen molar-refractivity contribution in [1.82, 2.24) is 9.88 Å². The molecule has 0 unspecified atom stereocenters. The topological polar surface area (TPSA) is 59.5 Å². The molecule has 0 spiro atoms. The smallest absolute Gasteiger partial charge is 0.325 e. The van der Waals surface area contributed by atoms with Crippen molar-refractivity contribution in [2.45, 2.75) is 20.4 Å². The molecule has 1 rings (SSSR count). The number of pyridine rings is 1. The number of carbonyl (C=O) groups excluding carboxylic acids is 2. The van der Waals surface area contributed by atoms with Gasteiger partial charge in [0.05, 0.1) is 18.8 Å². The van der Waals surface area contributed by atoms with Crippen LogP contribution in [-0.4, -0.2) is 34.9 Å². The lowest BCUT2D eigenvalue weighted by Gasteiger charge is -2.19. The van der Waals surface area contributed by atoms with Gasteiger partial charge < -0.3 is 9.64 Å². The molecule has 17 heavy (non-hydrogen) atoms. The van der Waals surface area contributed by atoms with Crippen LogP contribution in [0.2, 0.25) is 0 Å². The summed E-state index contributed by atoms with van der Waals surface area (Å²) >= 11 is 0. The maximum atomic E-state index is 11.4. The van der Waals surface area contributed by atoms with Crippen molar-refractivity contribution < 1.29 is 14.3 Å². The molecule has 1 aromatic heterocycles. The van der Waals surface area contributed by atoms with Crippen LogP contribution in [-0.2, 0) is 20.9 Å². The average molecular weight is 236 g/mol. The van der Waals surface area contributed by atoms with Crippen LogP contribution in [0.5, 0.6) is 0 Å². The van der Waals surface area contributed by atoms with Gasteiger partial charge in [-0.2, -0.15) is 0 Å². The first kappa shape index (κ1) is 13.2. The molecule has 0 radical (unpaired) electrons. The number of hydrogen-bond acceptors (Lipinski definition) is 4. The summed E-state index contributed by atoms with van der Waals surface area (Å²) in [7, 11) is 0. The van der Waals surface area contributed by atoms with Crippen LogP contribution in [0.4, 0.5) is 0 Å². The number of hydrogen-bond donors (Lipinski definition) is 0. The Balaban J connectivity index is 2.61. The van der Waals surface area contributed by atoms with E-state index in [1.165, 1.54) is 11.8 Å². The van der Waals surface area contributed by atoms with Crippen molar-refractivity contribution in [2.75, 3.05) is 13.2 Å². The standard InChI is InChI=1S/C12H16N2O3/c1-3-17-12(16)9-14(10(2)15)8-11-6-4-5-7-13-11/h4-7H,3,8-9H2,1-2H3. The van der Waals surface area contributed by atoms with Crippen molar-refractivity contribution >= 4 is 11.9 Å². The Labute approximate surface area is 100 Å². The monoisotopic (exact) mass is 236 g/mol. The first-order valence-corrected chi connectivity index (χ1v) is 5.44. The Hall–Kier alpha value is -1.91. The molecular formula is C12H16N2O3. The molecule has 0 aliphatic heterocycles. The Morgan fingerprint density at radius 3 is 2.71 bits per heavy atom. The number of nitrogens with zero attached hydrogens (tertiary/aromatic N) is 2. The molecule has 0 aliphatic rings. The second-order valence-electron chi connectivity index (χ2n) is 3.50. The van der Waals surface area contributed by atoms with E-state index in [1.54, 1.807) is 25.3 Å². The zero-order valence-electron chi connectivity index (χ0n) is 10.0. The molecule has 0 fully saturated rings. The molecule has 92 valence electrons. The summed E-state index contributed by atoms with van der Waals surface area (Å²) in [5.41, 5.74) is 0.743. The summed E-state index contributed by atoms with van der Waals surface area (Å²) in [6.07, 6.45) is 1.65. The summed E-state index contributed by atoms with van der Waals surface area (Å²) in [5, 5.41) is 0. The number of rotatable bonds is 5. The lowest BCUT2D eigenvalue weighted by molar-refractivity contribution is -0.148. The summed E-state index contributed by atoms with van der Waals surface area (Å²) in [6.45, 7) is 3.74. The zero-order chi connectivity index (χ0) is 12.7. The highest BCUT2D eigenvalue weighted by atomic mass is 16.5. The third kappa shape index (κ3) is 4.63. The van der Waals surface area contributed by atoms with Crippen LogP contribution in [0.3, 0.4) is 0 Å². The van der Waals surface area contributed by atoms with Crippen molar-refractivity contribution in [3.63, 3.8) is 0 Å². The molecule has 0 saturated carbocycles. The summed E-state index contributed by atoms with van der Waals surface area (Å²) in [6, 6.07) is 5.44. The van der Waals surface area contributed by atoms with Gasteiger partial charge in [0.25, 0.3) is 0 Å². The number of esters is 1. The Kier molecular flexibility index (Phi) is 5.13. The molecule has 0 aliphatic carbocycles.